The summed E-state index contributed by atoms with van der Waals surface area (Å²) in [7, 11) is 0. The summed E-state index contributed by atoms with van der Waals surface area (Å²) in [6.45, 7) is 2.64. The zero-order valence-electron chi connectivity index (χ0n) is 15.5. The van der Waals surface area contributed by atoms with Crippen LogP contribution in [0.3, 0.4) is 0 Å². The van der Waals surface area contributed by atoms with Crippen LogP contribution in [-0.4, -0.2) is 31.6 Å². The molecule has 2 heterocycles. The minimum Gasteiger partial charge on any atom is -0.323 e. The molecule has 0 fully saturated rings. The lowest BCUT2D eigenvalue weighted by atomic mass is 10.1. The van der Waals surface area contributed by atoms with Crippen LogP contribution in [0.2, 0.25) is 0 Å². The first-order chi connectivity index (χ1) is 13.2. The van der Waals surface area contributed by atoms with Crippen molar-refractivity contribution >= 4 is 11.6 Å². The largest absolute Gasteiger partial charge is 0.408 e. The minimum absolute atomic E-state index is 0.187. The molecule has 1 amide bonds. The van der Waals surface area contributed by atoms with E-state index in [0.717, 1.165) is 33.5 Å². The first kappa shape index (κ1) is 19.7. The van der Waals surface area contributed by atoms with Crippen molar-refractivity contribution in [3.8, 4) is 5.69 Å². The fraction of sp³-hybridized carbons (Fsp3) is 0.316. The molecule has 0 aliphatic carbocycles. The van der Waals surface area contributed by atoms with Gasteiger partial charge in [0.15, 0.2) is 0 Å². The van der Waals surface area contributed by atoms with E-state index < -0.39 is 12.7 Å². The van der Waals surface area contributed by atoms with Gasteiger partial charge in [-0.1, -0.05) is 18.2 Å². The molecule has 0 saturated heterocycles. The van der Waals surface area contributed by atoms with Crippen LogP contribution in [0.25, 0.3) is 5.69 Å². The van der Waals surface area contributed by atoms with Gasteiger partial charge < -0.3 is 5.32 Å². The number of para-hydroxylation sites is 1. The summed E-state index contributed by atoms with van der Waals surface area (Å²) in [6.07, 6.45) is -1.33. The molecule has 0 aliphatic rings. The highest BCUT2D eigenvalue weighted by molar-refractivity contribution is 5.90. The zero-order chi connectivity index (χ0) is 20.3. The summed E-state index contributed by atoms with van der Waals surface area (Å²) >= 11 is 0. The standard InChI is InChI=1S/C19H20F3N5O/c1-13-17(14(2)27(25-13)16-6-4-3-5-7-16)8-9-18(28)24-15-10-23-26(11-15)12-19(20,21)22/h3-7,10-11H,8-9,12H2,1-2H3,(H,24,28). The number of anilines is 1. The molecule has 0 spiro atoms. The molecule has 3 rings (SSSR count). The van der Waals surface area contributed by atoms with E-state index in [2.05, 4.69) is 15.5 Å². The molecule has 6 nitrogen and oxygen atoms in total. The number of aromatic nitrogens is 4. The molecule has 0 bridgehead atoms. The fourth-order valence-electron chi connectivity index (χ4n) is 3.02. The predicted molar refractivity (Wildman–Crippen MR) is 98.3 cm³/mol. The Hall–Kier alpha value is -3.10. The van der Waals surface area contributed by atoms with Gasteiger partial charge >= 0.3 is 6.18 Å². The number of alkyl halides is 3. The number of benzene rings is 1. The Morgan fingerprint density at radius 2 is 1.89 bits per heavy atom. The number of carbonyl (C=O) groups excluding carboxylic acids is 1. The van der Waals surface area contributed by atoms with E-state index in [1.54, 1.807) is 0 Å². The lowest BCUT2D eigenvalue weighted by Crippen LogP contribution is -2.18. The SMILES string of the molecule is Cc1nn(-c2ccccc2)c(C)c1CCC(=O)Nc1cnn(CC(F)(F)F)c1. The minimum atomic E-state index is -4.36. The van der Waals surface area contributed by atoms with Crippen LogP contribution in [0.15, 0.2) is 42.7 Å². The van der Waals surface area contributed by atoms with Gasteiger partial charge in [-0.3, -0.25) is 9.48 Å². The number of hydrogen-bond acceptors (Lipinski definition) is 3. The molecule has 0 atom stereocenters. The number of hydrogen-bond donors (Lipinski definition) is 1. The van der Waals surface area contributed by atoms with Crippen LogP contribution in [0.4, 0.5) is 18.9 Å². The Labute approximate surface area is 160 Å². The van der Waals surface area contributed by atoms with E-state index in [1.165, 1.54) is 6.20 Å². The van der Waals surface area contributed by atoms with Gasteiger partial charge in [-0.2, -0.15) is 23.4 Å². The first-order valence-electron chi connectivity index (χ1n) is 8.72. The van der Waals surface area contributed by atoms with E-state index in [0.29, 0.717) is 6.42 Å². The molecule has 0 aliphatic heterocycles. The van der Waals surface area contributed by atoms with Gasteiger partial charge in [0, 0.05) is 18.3 Å². The Morgan fingerprint density at radius 3 is 2.57 bits per heavy atom. The molecule has 148 valence electrons. The van der Waals surface area contributed by atoms with Gasteiger partial charge in [0.1, 0.15) is 6.54 Å². The third kappa shape index (κ3) is 4.79. The number of rotatable bonds is 6. The monoisotopic (exact) mass is 391 g/mol. The van der Waals surface area contributed by atoms with Crippen molar-refractivity contribution in [2.24, 2.45) is 0 Å². The maximum Gasteiger partial charge on any atom is 0.408 e. The van der Waals surface area contributed by atoms with Crippen LogP contribution in [0.5, 0.6) is 0 Å². The predicted octanol–water partition coefficient (Wildman–Crippen LogP) is 3.82. The normalized spacial score (nSPS) is 11.6. The molecule has 28 heavy (non-hydrogen) atoms. The summed E-state index contributed by atoms with van der Waals surface area (Å²) in [4.78, 5) is 12.2. The highest BCUT2D eigenvalue weighted by atomic mass is 19.4. The van der Waals surface area contributed by atoms with Gasteiger partial charge in [0.05, 0.1) is 23.3 Å². The van der Waals surface area contributed by atoms with Crippen LogP contribution in [0, 0.1) is 13.8 Å². The summed E-state index contributed by atoms with van der Waals surface area (Å²) < 4.78 is 39.7. The first-order valence-corrected chi connectivity index (χ1v) is 8.72. The Morgan fingerprint density at radius 1 is 1.18 bits per heavy atom. The maximum atomic E-state index is 12.4. The number of carbonyl (C=O) groups is 1. The van der Waals surface area contributed by atoms with Gasteiger partial charge in [-0.05, 0) is 38.0 Å². The number of nitrogens with one attached hydrogen (secondary N) is 1. The molecule has 1 aromatic carbocycles. The summed E-state index contributed by atoms with van der Waals surface area (Å²) in [5.41, 5.74) is 3.95. The van der Waals surface area contributed by atoms with E-state index >= 15 is 0 Å². The molecular formula is C19H20F3N5O. The van der Waals surface area contributed by atoms with Gasteiger partial charge in [0.2, 0.25) is 5.91 Å². The maximum absolute atomic E-state index is 12.4. The van der Waals surface area contributed by atoms with E-state index in [9.17, 15) is 18.0 Å². The van der Waals surface area contributed by atoms with Crippen molar-refractivity contribution in [3.63, 3.8) is 0 Å². The quantitative estimate of drug-likeness (QED) is 0.695. The molecule has 2 aromatic heterocycles. The van der Waals surface area contributed by atoms with Gasteiger partial charge in [-0.15, -0.1) is 0 Å². The summed E-state index contributed by atoms with van der Waals surface area (Å²) in [6, 6.07) is 9.69. The molecule has 3 aromatic rings. The van der Waals surface area contributed by atoms with Crippen LogP contribution < -0.4 is 5.32 Å². The summed E-state index contributed by atoms with van der Waals surface area (Å²) in [5.74, 6) is -0.294. The van der Waals surface area contributed by atoms with Crippen molar-refractivity contribution in [1.29, 1.82) is 0 Å². The second-order valence-electron chi connectivity index (χ2n) is 6.49. The second-order valence-corrected chi connectivity index (χ2v) is 6.49. The average Bonchev–Trinajstić information content (AvgIpc) is 3.16. The Bertz CT molecular complexity index is 960. The molecule has 0 saturated carbocycles. The second kappa shape index (κ2) is 7.87. The van der Waals surface area contributed by atoms with E-state index in [4.69, 9.17) is 0 Å². The van der Waals surface area contributed by atoms with Crippen molar-refractivity contribution in [3.05, 3.63) is 59.7 Å². The molecule has 0 radical (unpaired) electrons. The topological polar surface area (TPSA) is 64.7 Å². The Kier molecular flexibility index (Phi) is 5.53. The van der Waals surface area contributed by atoms with Crippen molar-refractivity contribution in [2.75, 3.05) is 5.32 Å². The van der Waals surface area contributed by atoms with Crippen molar-refractivity contribution in [1.82, 2.24) is 19.6 Å². The number of aryl methyl sites for hydroxylation is 1. The third-order valence-corrected chi connectivity index (χ3v) is 4.30. The van der Waals surface area contributed by atoms with E-state index in [-0.39, 0.29) is 18.0 Å². The lowest BCUT2D eigenvalue weighted by Gasteiger charge is -2.06. The van der Waals surface area contributed by atoms with Gasteiger partial charge in [-0.25, -0.2) is 4.68 Å². The molecular weight excluding hydrogens is 371 g/mol. The average molecular weight is 391 g/mol. The third-order valence-electron chi connectivity index (χ3n) is 4.30. The van der Waals surface area contributed by atoms with E-state index in [1.807, 2.05) is 48.9 Å². The van der Waals surface area contributed by atoms with Crippen LogP contribution in [-0.2, 0) is 17.8 Å². The van der Waals surface area contributed by atoms with Crippen LogP contribution in [0.1, 0.15) is 23.4 Å². The Balaban J connectivity index is 1.62. The van der Waals surface area contributed by atoms with Crippen molar-refractivity contribution in [2.45, 2.75) is 39.4 Å². The highest BCUT2D eigenvalue weighted by Gasteiger charge is 2.28. The summed E-state index contributed by atoms with van der Waals surface area (Å²) in [5, 5.41) is 10.7. The molecule has 0 unspecified atom stereocenters. The number of amides is 1. The lowest BCUT2D eigenvalue weighted by molar-refractivity contribution is -0.142. The highest BCUT2D eigenvalue weighted by Crippen LogP contribution is 2.20. The smallest absolute Gasteiger partial charge is 0.323 e. The molecule has 9 heteroatoms. The zero-order valence-corrected chi connectivity index (χ0v) is 15.5. The van der Waals surface area contributed by atoms with Gasteiger partial charge in [0.25, 0.3) is 0 Å². The number of halogens is 3. The van der Waals surface area contributed by atoms with Crippen molar-refractivity contribution < 1.29 is 18.0 Å². The fourth-order valence-corrected chi connectivity index (χ4v) is 3.02. The number of nitrogens with zero attached hydrogens (tertiary/aromatic N) is 4. The molecule has 1 N–H and O–H groups in total. The van der Waals surface area contributed by atoms with Crippen LogP contribution >= 0.6 is 0 Å².